The third-order valence-corrected chi connectivity index (χ3v) is 12.0. The lowest BCUT2D eigenvalue weighted by molar-refractivity contribution is 0.481. The van der Waals surface area contributed by atoms with Gasteiger partial charge in [0.1, 0.15) is 0 Å². The quantitative estimate of drug-likeness (QED) is 0.0572. The Bertz CT molecular complexity index is 1190. The van der Waals surface area contributed by atoms with Crippen molar-refractivity contribution in [2.75, 3.05) is 0 Å². The molecule has 2 aromatic carbocycles. The standard InChI is InChI=1S/C46H80O3S/c1-3-5-7-9-11-13-15-17-19-21-23-25-27-29-31-33-36-42-38-35-39-43-41-46(50(47,48)49)44(40-45(42)43)37-34-32-30-28-26-24-22-20-18-16-14-12-10-8-6-4-2/h35,38-41H,3-34,36-37H2,1-2H3,(H,47,48,49). The number of benzene rings is 2. The van der Waals surface area contributed by atoms with Crippen LogP contribution in [0.5, 0.6) is 0 Å². The van der Waals surface area contributed by atoms with E-state index in [1.54, 1.807) is 6.07 Å². The van der Waals surface area contributed by atoms with Gasteiger partial charge in [-0.2, -0.15) is 8.42 Å². The minimum absolute atomic E-state index is 0.102. The van der Waals surface area contributed by atoms with Gasteiger partial charge < -0.3 is 0 Å². The van der Waals surface area contributed by atoms with Gasteiger partial charge in [-0.05, 0) is 59.7 Å². The molecule has 0 unspecified atom stereocenters. The topological polar surface area (TPSA) is 54.4 Å². The molecule has 0 bridgehead atoms. The average Bonchev–Trinajstić information content (AvgIpc) is 3.10. The van der Waals surface area contributed by atoms with Crippen LogP contribution in [0.15, 0.2) is 35.2 Å². The average molecular weight is 713 g/mol. The number of rotatable bonds is 35. The Hall–Kier alpha value is -1.39. The van der Waals surface area contributed by atoms with Crippen molar-refractivity contribution in [2.45, 2.75) is 237 Å². The van der Waals surface area contributed by atoms with Gasteiger partial charge in [0.25, 0.3) is 10.1 Å². The Morgan fingerprint density at radius 2 is 0.740 bits per heavy atom. The van der Waals surface area contributed by atoms with Crippen LogP contribution >= 0.6 is 0 Å². The molecule has 50 heavy (non-hydrogen) atoms. The van der Waals surface area contributed by atoms with Crippen LogP contribution in [0.2, 0.25) is 0 Å². The minimum atomic E-state index is -4.25. The fourth-order valence-electron chi connectivity index (χ4n) is 7.79. The van der Waals surface area contributed by atoms with Crippen LogP contribution in [-0.2, 0) is 23.0 Å². The molecule has 0 spiro atoms. The zero-order valence-electron chi connectivity index (χ0n) is 33.1. The van der Waals surface area contributed by atoms with Crippen molar-refractivity contribution in [1.82, 2.24) is 0 Å². The summed E-state index contributed by atoms with van der Waals surface area (Å²) in [5.74, 6) is 0. The molecule has 2 rings (SSSR count). The summed E-state index contributed by atoms with van der Waals surface area (Å²) in [6, 6.07) is 10.0. The van der Waals surface area contributed by atoms with E-state index in [9.17, 15) is 13.0 Å². The fourth-order valence-corrected chi connectivity index (χ4v) is 8.56. The zero-order valence-corrected chi connectivity index (χ0v) is 33.9. The molecular weight excluding hydrogens is 633 g/mol. The lowest BCUT2D eigenvalue weighted by atomic mass is 9.95. The number of fused-ring (bicyclic) bond motifs is 1. The minimum Gasteiger partial charge on any atom is -0.282 e. The molecule has 0 aliphatic heterocycles. The summed E-state index contributed by atoms with van der Waals surface area (Å²) >= 11 is 0. The normalized spacial score (nSPS) is 12.0. The lowest BCUT2D eigenvalue weighted by Gasteiger charge is -2.13. The maximum Gasteiger partial charge on any atom is 0.294 e. The largest absolute Gasteiger partial charge is 0.294 e. The van der Waals surface area contributed by atoms with Crippen molar-refractivity contribution in [3.05, 3.63) is 41.5 Å². The highest BCUT2D eigenvalue weighted by atomic mass is 32.2. The summed E-state index contributed by atoms with van der Waals surface area (Å²) in [4.78, 5) is 0.102. The Morgan fingerprint density at radius 1 is 0.420 bits per heavy atom. The van der Waals surface area contributed by atoms with Crippen molar-refractivity contribution in [3.8, 4) is 0 Å². The van der Waals surface area contributed by atoms with E-state index in [0.29, 0.717) is 6.42 Å². The molecule has 3 nitrogen and oxygen atoms in total. The summed E-state index contributed by atoms with van der Waals surface area (Å²) in [7, 11) is -4.25. The predicted octanol–water partition coefficient (Wildman–Crippen LogP) is 15.7. The summed E-state index contributed by atoms with van der Waals surface area (Å²) < 4.78 is 34.8. The van der Waals surface area contributed by atoms with Crippen LogP contribution in [0.3, 0.4) is 0 Å². The predicted molar refractivity (Wildman–Crippen MR) is 220 cm³/mol. The van der Waals surface area contributed by atoms with Crippen LogP contribution in [0.1, 0.15) is 230 Å². The second kappa shape index (κ2) is 30.1. The molecule has 0 saturated carbocycles. The van der Waals surface area contributed by atoms with Gasteiger partial charge in [-0.25, -0.2) is 0 Å². The van der Waals surface area contributed by atoms with Crippen molar-refractivity contribution in [2.24, 2.45) is 0 Å². The Balaban J connectivity index is 1.62. The summed E-state index contributed by atoms with van der Waals surface area (Å²) in [5.41, 5.74) is 2.09. The summed E-state index contributed by atoms with van der Waals surface area (Å²) in [6.07, 6.45) is 44.9. The van der Waals surface area contributed by atoms with E-state index in [1.807, 2.05) is 12.1 Å². The maximum absolute atomic E-state index is 12.3. The molecule has 0 aliphatic rings. The molecule has 4 heteroatoms. The van der Waals surface area contributed by atoms with E-state index in [4.69, 9.17) is 0 Å². The van der Waals surface area contributed by atoms with E-state index >= 15 is 0 Å². The van der Waals surface area contributed by atoms with Gasteiger partial charge in [0.15, 0.2) is 0 Å². The van der Waals surface area contributed by atoms with Crippen LogP contribution in [-0.4, -0.2) is 13.0 Å². The van der Waals surface area contributed by atoms with Gasteiger partial charge in [-0.3, -0.25) is 4.55 Å². The third-order valence-electron chi connectivity index (χ3n) is 11.0. The number of aryl methyl sites for hydroxylation is 2. The van der Waals surface area contributed by atoms with Gasteiger partial charge in [-0.1, -0.05) is 225 Å². The van der Waals surface area contributed by atoms with Crippen molar-refractivity contribution in [3.63, 3.8) is 0 Å². The zero-order chi connectivity index (χ0) is 36.0. The third kappa shape index (κ3) is 21.9. The van der Waals surface area contributed by atoms with Crippen LogP contribution in [0, 0.1) is 0 Å². The van der Waals surface area contributed by atoms with Crippen LogP contribution in [0.25, 0.3) is 10.8 Å². The lowest BCUT2D eigenvalue weighted by Crippen LogP contribution is -2.04. The molecule has 0 aromatic heterocycles. The van der Waals surface area contributed by atoms with Gasteiger partial charge >= 0.3 is 0 Å². The highest BCUT2D eigenvalue weighted by Crippen LogP contribution is 2.29. The molecule has 0 atom stereocenters. The smallest absolute Gasteiger partial charge is 0.282 e. The summed E-state index contributed by atoms with van der Waals surface area (Å²) in [5, 5.41) is 2.08. The van der Waals surface area contributed by atoms with E-state index in [-0.39, 0.29) is 4.90 Å². The number of hydrogen-bond donors (Lipinski definition) is 1. The maximum atomic E-state index is 12.3. The van der Waals surface area contributed by atoms with E-state index in [1.165, 1.54) is 198 Å². The number of hydrogen-bond acceptors (Lipinski definition) is 2. The molecule has 0 radical (unpaired) electrons. The van der Waals surface area contributed by atoms with Gasteiger partial charge in [-0.15, -0.1) is 0 Å². The SMILES string of the molecule is CCCCCCCCCCCCCCCCCCc1cc2c(CCCCCCCCCCCCCCCCCC)cccc2cc1S(=O)(=O)O. The fraction of sp³-hybridized carbons (Fsp3) is 0.783. The first-order valence-electron chi connectivity index (χ1n) is 22.0. The Kier molecular flexibility index (Phi) is 27.0. The first-order valence-corrected chi connectivity index (χ1v) is 23.4. The summed E-state index contributed by atoms with van der Waals surface area (Å²) in [6.45, 7) is 4.57. The molecule has 0 amide bonds. The second-order valence-corrected chi connectivity index (χ2v) is 17.1. The van der Waals surface area contributed by atoms with E-state index in [0.717, 1.165) is 35.6 Å². The highest BCUT2D eigenvalue weighted by molar-refractivity contribution is 7.85. The monoisotopic (exact) mass is 713 g/mol. The van der Waals surface area contributed by atoms with E-state index < -0.39 is 10.1 Å². The van der Waals surface area contributed by atoms with Crippen molar-refractivity contribution < 1.29 is 13.0 Å². The molecule has 0 fully saturated rings. The van der Waals surface area contributed by atoms with E-state index in [2.05, 4.69) is 26.0 Å². The molecule has 288 valence electrons. The molecule has 0 heterocycles. The van der Waals surface area contributed by atoms with Crippen molar-refractivity contribution in [1.29, 1.82) is 0 Å². The number of unbranched alkanes of at least 4 members (excludes halogenated alkanes) is 30. The Labute approximate surface area is 311 Å². The molecule has 1 N–H and O–H groups in total. The van der Waals surface area contributed by atoms with Crippen LogP contribution in [0.4, 0.5) is 0 Å². The van der Waals surface area contributed by atoms with Gasteiger partial charge in [0, 0.05) is 0 Å². The first-order chi connectivity index (χ1) is 24.5. The van der Waals surface area contributed by atoms with Crippen molar-refractivity contribution >= 4 is 20.9 Å². The van der Waals surface area contributed by atoms with Gasteiger partial charge in [0.2, 0.25) is 0 Å². The molecule has 0 aliphatic carbocycles. The Morgan fingerprint density at radius 3 is 1.08 bits per heavy atom. The highest BCUT2D eigenvalue weighted by Gasteiger charge is 2.17. The van der Waals surface area contributed by atoms with Gasteiger partial charge in [0.05, 0.1) is 4.90 Å². The van der Waals surface area contributed by atoms with Crippen LogP contribution < -0.4 is 0 Å². The molecule has 0 saturated heterocycles. The molecular formula is C46H80O3S. The molecule has 2 aromatic rings. The second-order valence-electron chi connectivity index (χ2n) is 15.7. The first kappa shape index (κ1) is 44.8.